The minimum atomic E-state index is -0.252. The number of anilines is 1. The maximum absolute atomic E-state index is 12.7. The van der Waals surface area contributed by atoms with Gasteiger partial charge in [0.15, 0.2) is 0 Å². The van der Waals surface area contributed by atoms with E-state index in [1.165, 1.54) is 18.4 Å². The van der Waals surface area contributed by atoms with Gasteiger partial charge in [-0.25, -0.2) is 0 Å². The highest BCUT2D eigenvalue weighted by atomic mass is 16.5. The van der Waals surface area contributed by atoms with E-state index in [9.17, 15) is 4.79 Å². The number of fused-ring (bicyclic) bond motifs is 3. The lowest BCUT2D eigenvalue weighted by Crippen LogP contribution is -2.34. The van der Waals surface area contributed by atoms with Gasteiger partial charge in [-0.2, -0.15) is 0 Å². The van der Waals surface area contributed by atoms with Gasteiger partial charge in [0.1, 0.15) is 17.6 Å². The number of amides is 1. The first kappa shape index (κ1) is 21.3. The topological polar surface area (TPSA) is 56.8 Å². The molecule has 2 aromatic rings. The van der Waals surface area contributed by atoms with Crippen molar-refractivity contribution in [3.05, 3.63) is 53.1 Å². The number of hydrogen-bond acceptors (Lipinski definition) is 4. The van der Waals surface area contributed by atoms with Crippen LogP contribution in [0.15, 0.2) is 36.4 Å². The first-order valence-electron chi connectivity index (χ1n) is 12.0. The summed E-state index contributed by atoms with van der Waals surface area (Å²) < 4.78 is 18.4. The summed E-state index contributed by atoms with van der Waals surface area (Å²) in [5, 5.41) is 3.14. The molecule has 2 aliphatic carbocycles. The molecule has 170 valence electrons. The summed E-state index contributed by atoms with van der Waals surface area (Å²) >= 11 is 0. The van der Waals surface area contributed by atoms with Crippen LogP contribution in [0.3, 0.4) is 0 Å². The monoisotopic (exact) mass is 435 g/mol. The SMILES string of the molecule is COc1ccc(OC)c2c1C(c1cccc(NC(=O)C3CCCC3)c1)OC1CCCCC21. The van der Waals surface area contributed by atoms with Crippen molar-refractivity contribution in [2.24, 2.45) is 5.92 Å². The van der Waals surface area contributed by atoms with Gasteiger partial charge in [-0.3, -0.25) is 4.79 Å². The van der Waals surface area contributed by atoms with Gasteiger partial charge in [0.25, 0.3) is 0 Å². The molecular formula is C27H33NO4. The second kappa shape index (κ2) is 9.14. The second-order valence-electron chi connectivity index (χ2n) is 9.34. The van der Waals surface area contributed by atoms with Gasteiger partial charge in [-0.1, -0.05) is 37.8 Å². The van der Waals surface area contributed by atoms with E-state index in [0.717, 1.165) is 66.8 Å². The van der Waals surface area contributed by atoms with Gasteiger partial charge in [0, 0.05) is 28.7 Å². The molecular weight excluding hydrogens is 402 g/mol. The summed E-state index contributed by atoms with van der Waals surface area (Å²) in [5.41, 5.74) is 4.16. The van der Waals surface area contributed by atoms with Crippen LogP contribution in [0.25, 0.3) is 0 Å². The third-order valence-electron chi connectivity index (χ3n) is 7.48. The second-order valence-corrected chi connectivity index (χ2v) is 9.34. The van der Waals surface area contributed by atoms with Crippen LogP contribution in [0.4, 0.5) is 5.69 Å². The predicted octanol–water partition coefficient (Wildman–Crippen LogP) is 5.98. The molecule has 3 atom stereocenters. The minimum Gasteiger partial charge on any atom is -0.496 e. The Balaban J connectivity index is 1.53. The molecule has 0 saturated heterocycles. The van der Waals surface area contributed by atoms with Crippen molar-refractivity contribution in [1.29, 1.82) is 0 Å². The van der Waals surface area contributed by atoms with Crippen molar-refractivity contribution >= 4 is 11.6 Å². The van der Waals surface area contributed by atoms with Crippen LogP contribution in [-0.2, 0) is 9.53 Å². The molecule has 0 bridgehead atoms. The Labute approximate surface area is 190 Å². The Morgan fingerprint density at radius 3 is 2.34 bits per heavy atom. The number of methoxy groups -OCH3 is 2. The van der Waals surface area contributed by atoms with E-state index < -0.39 is 0 Å². The molecule has 5 heteroatoms. The maximum atomic E-state index is 12.7. The average Bonchev–Trinajstić information content (AvgIpc) is 3.38. The lowest BCUT2D eigenvalue weighted by atomic mass is 9.75. The highest BCUT2D eigenvalue weighted by molar-refractivity contribution is 5.92. The number of nitrogens with one attached hydrogen (secondary N) is 1. The van der Waals surface area contributed by atoms with Gasteiger partial charge < -0.3 is 19.5 Å². The van der Waals surface area contributed by atoms with Gasteiger partial charge in [-0.05, 0) is 55.5 Å². The quantitative estimate of drug-likeness (QED) is 0.628. The lowest BCUT2D eigenvalue weighted by Gasteiger charge is -2.42. The standard InChI is InChI=1S/C27H33NO4/c1-30-22-14-15-23(31-2)25-24(22)20-12-5-6-13-21(20)32-26(25)18-10-7-11-19(16-18)28-27(29)17-8-3-4-9-17/h7,10-11,14-17,20-21,26H,3-6,8-9,12-13H2,1-2H3,(H,28,29). The zero-order valence-corrected chi connectivity index (χ0v) is 19.1. The van der Waals surface area contributed by atoms with Crippen LogP contribution in [0.1, 0.15) is 80.1 Å². The molecule has 0 spiro atoms. The number of rotatable bonds is 5. The van der Waals surface area contributed by atoms with Gasteiger partial charge in [0.2, 0.25) is 5.91 Å². The highest BCUT2D eigenvalue weighted by Crippen LogP contribution is 2.53. The van der Waals surface area contributed by atoms with Gasteiger partial charge in [-0.15, -0.1) is 0 Å². The van der Waals surface area contributed by atoms with Crippen LogP contribution >= 0.6 is 0 Å². The minimum absolute atomic E-state index is 0.135. The fourth-order valence-corrected chi connectivity index (χ4v) is 5.90. The molecule has 5 nitrogen and oxygen atoms in total. The molecule has 0 radical (unpaired) electrons. The van der Waals surface area contributed by atoms with E-state index in [-0.39, 0.29) is 24.0 Å². The Kier molecular flexibility index (Phi) is 6.09. The number of carbonyl (C=O) groups excluding carboxylic acids is 1. The molecule has 1 aliphatic heterocycles. The van der Waals surface area contributed by atoms with Gasteiger partial charge >= 0.3 is 0 Å². The highest BCUT2D eigenvalue weighted by Gasteiger charge is 2.41. The third-order valence-corrected chi connectivity index (χ3v) is 7.48. The summed E-state index contributed by atoms with van der Waals surface area (Å²) in [6.07, 6.45) is 8.74. The van der Waals surface area contributed by atoms with Crippen molar-refractivity contribution in [2.45, 2.75) is 69.5 Å². The predicted molar refractivity (Wildman–Crippen MR) is 125 cm³/mol. The zero-order chi connectivity index (χ0) is 22.1. The van der Waals surface area contributed by atoms with E-state index >= 15 is 0 Å². The number of carbonyl (C=O) groups is 1. The average molecular weight is 436 g/mol. The van der Waals surface area contributed by atoms with Crippen LogP contribution in [0.2, 0.25) is 0 Å². The Morgan fingerprint density at radius 1 is 0.906 bits per heavy atom. The smallest absolute Gasteiger partial charge is 0.227 e. The maximum Gasteiger partial charge on any atom is 0.227 e. The van der Waals surface area contributed by atoms with Crippen molar-refractivity contribution in [3.63, 3.8) is 0 Å². The molecule has 3 unspecified atom stereocenters. The fourth-order valence-electron chi connectivity index (χ4n) is 5.90. The van der Waals surface area contributed by atoms with Crippen LogP contribution in [0, 0.1) is 5.92 Å². The zero-order valence-electron chi connectivity index (χ0n) is 19.1. The number of ether oxygens (including phenoxy) is 3. The van der Waals surface area contributed by atoms with Crippen LogP contribution in [0.5, 0.6) is 11.5 Å². The molecule has 5 rings (SSSR count). The number of hydrogen-bond donors (Lipinski definition) is 1. The van der Waals surface area contributed by atoms with Crippen molar-refractivity contribution < 1.29 is 19.0 Å². The molecule has 2 aromatic carbocycles. The Morgan fingerprint density at radius 2 is 1.59 bits per heavy atom. The summed E-state index contributed by atoms with van der Waals surface area (Å²) in [4.78, 5) is 12.7. The van der Waals surface area contributed by atoms with Crippen molar-refractivity contribution in [3.8, 4) is 11.5 Å². The molecule has 2 fully saturated rings. The molecule has 0 aromatic heterocycles. The largest absolute Gasteiger partial charge is 0.496 e. The third kappa shape index (κ3) is 3.88. The van der Waals surface area contributed by atoms with Gasteiger partial charge in [0.05, 0.1) is 20.3 Å². The van der Waals surface area contributed by atoms with E-state index in [0.29, 0.717) is 5.92 Å². The Hall–Kier alpha value is -2.53. The van der Waals surface area contributed by atoms with Crippen LogP contribution < -0.4 is 14.8 Å². The lowest BCUT2D eigenvalue weighted by molar-refractivity contribution is -0.119. The summed E-state index contributed by atoms with van der Waals surface area (Å²) in [6, 6.07) is 12.1. The van der Waals surface area contributed by atoms with Crippen molar-refractivity contribution in [1.82, 2.24) is 0 Å². The summed E-state index contributed by atoms with van der Waals surface area (Å²) in [6.45, 7) is 0. The molecule has 2 saturated carbocycles. The van der Waals surface area contributed by atoms with Crippen LogP contribution in [-0.4, -0.2) is 26.2 Å². The first-order valence-corrected chi connectivity index (χ1v) is 12.0. The summed E-state index contributed by atoms with van der Waals surface area (Å²) in [5.74, 6) is 2.34. The molecule has 1 amide bonds. The molecule has 1 N–H and O–H groups in total. The summed E-state index contributed by atoms with van der Waals surface area (Å²) in [7, 11) is 3.45. The Bertz CT molecular complexity index is 982. The number of benzene rings is 2. The fraction of sp³-hybridized carbons (Fsp3) is 0.519. The molecule has 3 aliphatic rings. The van der Waals surface area contributed by atoms with E-state index in [1.54, 1.807) is 14.2 Å². The van der Waals surface area contributed by atoms with E-state index in [2.05, 4.69) is 17.4 Å². The van der Waals surface area contributed by atoms with E-state index in [4.69, 9.17) is 14.2 Å². The molecule has 1 heterocycles. The van der Waals surface area contributed by atoms with Crippen molar-refractivity contribution in [2.75, 3.05) is 19.5 Å². The van der Waals surface area contributed by atoms with E-state index in [1.807, 2.05) is 24.3 Å². The first-order chi connectivity index (χ1) is 15.7. The normalized spacial score (nSPS) is 25.0. The molecule has 32 heavy (non-hydrogen) atoms.